The molecule has 4 rings (SSSR count). The zero-order chi connectivity index (χ0) is 18.1. The largest absolute Gasteiger partial charge is 0.480 e. The third-order valence-corrected chi connectivity index (χ3v) is 5.03. The van der Waals surface area contributed by atoms with Crippen LogP contribution in [0.5, 0.6) is 0 Å². The molecule has 0 aliphatic carbocycles. The molecular formula is C19H21N3O4. The number of aromatic nitrogens is 1. The molecule has 1 N–H and O–H groups in total. The van der Waals surface area contributed by atoms with Crippen LogP contribution in [0.25, 0.3) is 10.9 Å². The van der Waals surface area contributed by atoms with Crippen LogP contribution < -0.4 is 0 Å². The summed E-state index contributed by atoms with van der Waals surface area (Å²) in [5.74, 6) is -0.803. The van der Waals surface area contributed by atoms with Gasteiger partial charge in [0.1, 0.15) is 0 Å². The van der Waals surface area contributed by atoms with E-state index in [1.54, 1.807) is 6.20 Å². The Morgan fingerprint density at radius 2 is 2.00 bits per heavy atom. The lowest BCUT2D eigenvalue weighted by molar-refractivity contribution is -0.138. The van der Waals surface area contributed by atoms with E-state index >= 15 is 0 Å². The Morgan fingerprint density at radius 3 is 2.85 bits per heavy atom. The van der Waals surface area contributed by atoms with Gasteiger partial charge in [-0.1, -0.05) is 18.2 Å². The molecular weight excluding hydrogens is 334 g/mol. The van der Waals surface area contributed by atoms with Gasteiger partial charge in [0, 0.05) is 37.1 Å². The van der Waals surface area contributed by atoms with Gasteiger partial charge in [-0.25, -0.2) is 0 Å². The molecule has 0 spiro atoms. The monoisotopic (exact) mass is 355 g/mol. The van der Waals surface area contributed by atoms with Crippen molar-refractivity contribution in [3.63, 3.8) is 0 Å². The van der Waals surface area contributed by atoms with Crippen LogP contribution in [0.1, 0.15) is 10.4 Å². The smallest absolute Gasteiger partial charge is 0.317 e. The highest BCUT2D eigenvalue weighted by molar-refractivity contribution is 6.05. The first kappa shape index (κ1) is 16.9. The molecule has 0 unspecified atom stereocenters. The number of carbonyl (C=O) groups is 2. The molecule has 3 heterocycles. The Balaban J connectivity index is 1.66. The average molecular weight is 355 g/mol. The third kappa shape index (κ3) is 3.27. The van der Waals surface area contributed by atoms with Crippen molar-refractivity contribution in [1.29, 1.82) is 0 Å². The van der Waals surface area contributed by atoms with Crippen LogP contribution in [0.3, 0.4) is 0 Å². The Morgan fingerprint density at radius 1 is 1.15 bits per heavy atom. The quantitative estimate of drug-likeness (QED) is 0.888. The molecule has 1 amide bonds. The van der Waals surface area contributed by atoms with Crippen molar-refractivity contribution < 1.29 is 19.4 Å². The molecule has 2 saturated heterocycles. The van der Waals surface area contributed by atoms with Gasteiger partial charge in [0.15, 0.2) is 0 Å². The number of amides is 1. The van der Waals surface area contributed by atoms with E-state index in [4.69, 9.17) is 9.84 Å². The summed E-state index contributed by atoms with van der Waals surface area (Å²) in [4.78, 5) is 32.6. The van der Waals surface area contributed by atoms with E-state index < -0.39 is 5.97 Å². The zero-order valence-corrected chi connectivity index (χ0v) is 14.4. The third-order valence-electron chi connectivity index (χ3n) is 5.03. The van der Waals surface area contributed by atoms with Crippen molar-refractivity contribution in [1.82, 2.24) is 14.8 Å². The second kappa shape index (κ2) is 7.01. The lowest BCUT2D eigenvalue weighted by Crippen LogP contribution is -2.47. The summed E-state index contributed by atoms with van der Waals surface area (Å²) in [6, 6.07) is 9.26. The van der Waals surface area contributed by atoms with E-state index in [1.165, 1.54) is 0 Å². The number of fused-ring (bicyclic) bond motifs is 4. The first-order valence-corrected chi connectivity index (χ1v) is 8.78. The van der Waals surface area contributed by atoms with Gasteiger partial charge in [-0.3, -0.25) is 19.5 Å². The summed E-state index contributed by atoms with van der Waals surface area (Å²) in [5.41, 5.74) is 1.28. The highest BCUT2D eigenvalue weighted by Crippen LogP contribution is 2.24. The van der Waals surface area contributed by atoms with E-state index in [0.29, 0.717) is 43.9 Å². The molecule has 0 radical (unpaired) electrons. The second-order valence-corrected chi connectivity index (χ2v) is 6.98. The number of benzene rings is 1. The van der Waals surface area contributed by atoms with Gasteiger partial charge in [0.2, 0.25) is 0 Å². The molecule has 2 bridgehead atoms. The molecule has 2 aromatic rings. The Labute approximate surface area is 151 Å². The highest BCUT2D eigenvalue weighted by atomic mass is 16.5. The lowest BCUT2D eigenvalue weighted by Gasteiger charge is -2.30. The van der Waals surface area contributed by atoms with Crippen LogP contribution in [0.2, 0.25) is 0 Å². The van der Waals surface area contributed by atoms with Crippen molar-refractivity contribution >= 4 is 22.8 Å². The van der Waals surface area contributed by atoms with E-state index in [9.17, 15) is 9.59 Å². The van der Waals surface area contributed by atoms with E-state index in [0.717, 1.165) is 5.39 Å². The molecule has 136 valence electrons. The summed E-state index contributed by atoms with van der Waals surface area (Å²) in [7, 11) is 0. The van der Waals surface area contributed by atoms with Gasteiger partial charge in [-0.2, -0.15) is 0 Å². The second-order valence-electron chi connectivity index (χ2n) is 6.98. The predicted molar refractivity (Wildman–Crippen MR) is 95.0 cm³/mol. The van der Waals surface area contributed by atoms with Gasteiger partial charge in [-0.05, 0) is 12.1 Å². The molecule has 26 heavy (non-hydrogen) atoms. The summed E-state index contributed by atoms with van der Waals surface area (Å²) >= 11 is 0. The van der Waals surface area contributed by atoms with Crippen molar-refractivity contribution in [3.05, 3.63) is 42.1 Å². The molecule has 2 aliphatic heterocycles. The van der Waals surface area contributed by atoms with Crippen molar-refractivity contribution in [2.45, 2.75) is 6.04 Å². The van der Waals surface area contributed by atoms with Gasteiger partial charge >= 0.3 is 5.97 Å². The number of aliphatic carboxylic acids is 1. The van der Waals surface area contributed by atoms with Crippen LogP contribution in [0, 0.1) is 5.92 Å². The molecule has 2 fully saturated rings. The fourth-order valence-electron chi connectivity index (χ4n) is 3.94. The molecule has 7 nitrogen and oxygen atoms in total. The number of carboxylic acid groups (broad SMARTS) is 1. The maximum atomic E-state index is 13.3. The number of rotatable bonds is 3. The fraction of sp³-hybridized carbons (Fsp3) is 0.421. The van der Waals surface area contributed by atoms with Crippen LogP contribution in [0.4, 0.5) is 0 Å². The minimum Gasteiger partial charge on any atom is -0.480 e. The highest BCUT2D eigenvalue weighted by Gasteiger charge is 2.37. The Hall–Kier alpha value is -2.51. The number of carbonyl (C=O) groups excluding carboxylic acids is 1. The Bertz CT molecular complexity index is 835. The number of para-hydroxylation sites is 1. The SMILES string of the molecule is O=C(O)CN1C[C@@H]2COC[C@H](C1)N(C(=O)c1cccc3cccnc13)C2. The first-order chi connectivity index (χ1) is 12.6. The minimum atomic E-state index is -0.845. The molecule has 2 aliphatic rings. The van der Waals surface area contributed by atoms with Crippen LogP contribution in [-0.4, -0.2) is 77.2 Å². The predicted octanol–water partition coefficient (Wildman–Crippen LogP) is 1.09. The van der Waals surface area contributed by atoms with E-state index in [2.05, 4.69) is 4.98 Å². The average Bonchev–Trinajstić information content (AvgIpc) is 2.91. The molecule has 1 aromatic heterocycles. The van der Waals surface area contributed by atoms with Crippen LogP contribution in [-0.2, 0) is 9.53 Å². The maximum absolute atomic E-state index is 13.3. The van der Waals surface area contributed by atoms with E-state index in [1.807, 2.05) is 40.1 Å². The number of nitrogens with zero attached hydrogens (tertiary/aromatic N) is 3. The first-order valence-electron chi connectivity index (χ1n) is 8.78. The minimum absolute atomic E-state index is 0.00907. The van der Waals surface area contributed by atoms with Gasteiger partial charge in [-0.15, -0.1) is 0 Å². The van der Waals surface area contributed by atoms with Crippen LogP contribution >= 0.6 is 0 Å². The summed E-state index contributed by atoms with van der Waals surface area (Å²) in [5, 5.41) is 10.1. The van der Waals surface area contributed by atoms with Gasteiger partial charge in [0.25, 0.3) is 5.91 Å². The summed E-state index contributed by atoms with van der Waals surface area (Å²) < 4.78 is 5.73. The standard InChI is InChI=1S/C19H21N3O4/c23-17(24)10-21-7-13-8-22(15(9-21)12-26-11-13)19(25)16-5-1-3-14-4-2-6-20-18(14)16/h1-6,13,15H,7-12H2,(H,23,24)/t13-,15-/m0/s1. The molecule has 1 aromatic carbocycles. The van der Waals surface area contributed by atoms with Crippen molar-refractivity contribution in [2.24, 2.45) is 5.92 Å². The molecule has 0 saturated carbocycles. The number of ether oxygens (including phenoxy) is 1. The summed E-state index contributed by atoms with van der Waals surface area (Å²) in [6.45, 7) is 2.67. The number of carboxylic acids is 1. The molecule has 7 heteroatoms. The zero-order valence-electron chi connectivity index (χ0n) is 14.4. The lowest BCUT2D eigenvalue weighted by atomic mass is 10.1. The van der Waals surface area contributed by atoms with Gasteiger partial charge < -0.3 is 14.7 Å². The number of pyridine rings is 1. The Kier molecular flexibility index (Phi) is 4.57. The maximum Gasteiger partial charge on any atom is 0.317 e. The van der Waals surface area contributed by atoms with Crippen LogP contribution in [0.15, 0.2) is 36.5 Å². The van der Waals surface area contributed by atoms with Crippen molar-refractivity contribution in [3.8, 4) is 0 Å². The fourth-order valence-corrected chi connectivity index (χ4v) is 3.94. The number of hydrogen-bond acceptors (Lipinski definition) is 5. The summed E-state index contributed by atoms with van der Waals surface area (Å²) in [6.07, 6.45) is 1.69. The number of hydrogen-bond donors (Lipinski definition) is 1. The van der Waals surface area contributed by atoms with Gasteiger partial charge in [0.05, 0.1) is 36.9 Å². The van der Waals surface area contributed by atoms with Crippen molar-refractivity contribution in [2.75, 3.05) is 39.4 Å². The molecule has 2 atom stereocenters. The van der Waals surface area contributed by atoms with E-state index in [-0.39, 0.29) is 24.4 Å². The normalized spacial score (nSPS) is 23.6. The topological polar surface area (TPSA) is 83.0 Å².